The van der Waals surface area contributed by atoms with Crippen LogP contribution in [0.4, 0.5) is 25.1 Å². The van der Waals surface area contributed by atoms with Gasteiger partial charge in [-0.15, -0.1) is 0 Å². The van der Waals surface area contributed by atoms with Gasteiger partial charge in [-0.3, -0.25) is 4.57 Å². The molecular weight excluding hydrogens is 466 g/mol. The fraction of sp³-hybridized carbons (Fsp3) is 0.500. The minimum absolute atomic E-state index is 0.0224. The number of anilines is 2. The highest BCUT2D eigenvalue weighted by Crippen LogP contribution is 2.38. The first-order valence-corrected chi connectivity index (χ1v) is 12.4. The Labute approximate surface area is 209 Å². The first-order chi connectivity index (χ1) is 17.1. The molecule has 2 aromatic heterocycles. The molecular formula is C26H32F2N6O2. The quantitative estimate of drug-likeness (QED) is 0.520. The summed E-state index contributed by atoms with van der Waals surface area (Å²) in [5, 5.41) is 0.849. The van der Waals surface area contributed by atoms with E-state index in [1.54, 1.807) is 9.47 Å². The SMILES string of the molecule is C[C@@H]1CN(C(=O)OC(C)(C)C)CCN1c1ncnc2c1c(N1CCCC1)cn2-c1cc(F)cc(F)c1. The molecule has 3 aromatic rings. The molecule has 1 atom stereocenters. The van der Waals surface area contributed by atoms with Crippen molar-refractivity contribution < 1.29 is 18.3 Å². The Morgan fingerprint density at radius 2 is 1.72 bits per heavy atom. The van der Waals surface area contributed by atoms with Gasteiger partial charge in [0.05, 0.1) is 16.8 Å². The molecule has 2 aliphatic heterocycles. The minimum Gasteiger partial charge on any atom is -0.444 e. The molecule has 8 nitrogen and oxygen atoms in total. The van der Waals surface area contributed by atoms with Crippen LogP contribution in [0.25, 0.3) is 16.7 Å². The fourth-order valence-corrected chi connectivity index (χ4v) is 5.08. The number of fused-ring (bicyclic) bond motifs is 1. The van der Waals surface area contributed by atoms with Gasteiger partial charge in [0, 0.05) is 51.0 Å². The predicted octanol–water partition coefficient (Wildman–Crippen LogP) is 4.74. The molecule has 0 spiro atoms. The second-order valence-electron chi connectivity index (χ2n) is 10.6. The third-order valence-electron chi connectivity index (χ3n) is 6.67. The predicted molar refractivity (Wildman–Crippen MR) is 135 cm³/mol. The van der Waals surface area contributed by atoms with E-state index in [1.165, 1.54) is 18.5 Å². The van der Waals surface area contributed by atoms with Crippen LogP contribution in [0.3, 0.4) is 0 Å². The normalized spacial score (nSPS) is 18.8. The summed E-state index contributed by atoms with van der Waals surface area (Å²) < 4.78 is 35.5. The van der Waals surface area contributed by atoms with E-state index in [2.05, 4.69) is 26.7 Å². The van der Waals surface area contributed by atoms with Crippen LogP contribution < -0.4 is 9.80 Å². The standard InChI is InChI=1S/C26H32F2N6O2/c1-17-14-32(25(35)36-26(2,3)4)9-10-33(17)23-22-21(31-7-5-6-8-31)15-34(24(22)30-16-29-23)20-12-18(27)11-19(28)13-20/h11-13,15-17H,5-10,14H2,1-4H3/t17-/m1/s1. The van der Waals surface area contributed by atoms with E-state index in [-0.39, 0.29) is 12.1 Å². The number of carbonyl (C=O) groups is 1. The average molecular weight is 499 g/mol. The second-order valence-corrected chi connectivity index (χ2v) is 10.6. The number of ether oxygens (including phenoxy) is 1. The fourth-order valence-electron chi connectivity index (χ4n) is 5.08. The number of aromatic nitrogens is 3. The van der Waals surface area contributed by atoms with Gasteiger partial charge in [0.1, 0.15) is 29.4 Å². The summed E-state index contributed by atoms with van der Waals surface area (Å²) in [6.07, 6.45) is 5.23. The lowest BCUT2D eigenvalue weighted by atomic mass is 10.1. The van der Waals surface area contributed by atoms with Crippen molar-refractivity contribution in [3.05, 3.63) is 42.4 Å². The zero-order chi connectivity index (χ0) is 25.6. The first-order valence-electron chi connectivity index (χ1n) is 12.4. The van der Waals surface area contributed by atoms with Gasteiger partial charge in [0.15, 0.2) is 5.65 Å². The molecule has 36 heavy (non-hydrogen) atoms. The molecule has 0 bridgehead atoms. The van der Waals surface area contributed by atoms with Crippen molar-refractivity contribution in [2.75, 3.05) is 42.5 Å². The van der Waals surface area contributed by atoms with Crippen LogP contribution in [0.5, 0.6) is 0 Å². The van der Waals surface area contributed by atoms with Crippen molar-refractivity contribution in [3.8, 4) is 5.69 Å². The highest BCUT2D eigenvalue weighted by molar-refractivity contribution is 6.01. The molecule has 0 radical (unpaired) electrons. The molecule has 2 saturated heterocycles. The highest BCUT2D eigenvalue weighted by atomic mass is 19.1. The smallest absolute Gasteiger partial charge is 0.410 e. The van der Waals surface area contributed by atoms with Gasteiger partial charge in [0.2, 0.25) is 0 Å². The zero-order valence-corrected chi connectivity index (χ0v) is 21.2. The summed E-state index contributed by atoms with van der Waals surface area (Å²) in [6, 6.07) is 3.45. The summed E-state index contributed by atoms with van der Waals surface area (Å²) in [5.74, 6) is -0.527. The van der Waals surface area contributed by atoms with E-state index < -0.39 is 17.2 Å². The van der Waals surface area contributed by atoms with Gasteiger partial charge in [-0.2, -0.15) is 0 Å². The highest BCUT2D eigenvalue weighted by Gasteiger charge is 2.33. The Morgan fingerprint density at radius 1 is 1.03 bits per heavy atom. The van der Waals surface area contributed by atoms with Gasteiger partial charge in [0.25, 0.3) is 0 Å². The molecule has 10 heteroatoms. The zero-order valence-electron chi connectivity index (χ0n) is 21.2. The number of halogens is 2. The summed E-state index contributed by atoms with van der Waals surface area (Å²) >= 11 is 0. The summed E-state index contributed by atoms with van der Waals surface area (Å²) in [5.41, 5.74) is 1.36. The summed E-state index contributed by atoms with van der Waals surface area (Å²) in [4.78, 5) is 28.1. The number of nitrogens with zero attached hydrogens (tertiary/aromatic N) is 6. The van der Waals surface area contributed by atoms with E-state index in [1.807, 2.05) is 27.0 Å². The van der Waals surface area contributed by atoms with Gasteiger partial charge >= 0.3 is 6.09 Å². The molecule has 0 unspecified atom stereocenters. The Kier molecular flexibility index (Phi) is 6.22. The minimum atomic E-state index is -0.643. The number of benzene rings is 1. The topological polar surface area (TPSA) is 66.7 Å². The number of hydrogen-bond donors (Lipinski definition) is 0. The third kappa shape index (κ3) is 4.68. The number of rotatable bonds is 3. The lowest BCUT2D eigenvalue weighted by molar-refractivity contribution is 0.0218. The molecule has 1 amide bonds. The van der Waals surface area contributed by atoms with E-state index >= 15 is 0 Å². The second kappa shape index (κ2) is 9.22. The Hall–Kier alpha value is -3.43. The van der Waals surface area contributed by atoms with Crippen molar-refractivity contribution in [3.63, 3.8) is 0 Å². The Morgan fingerprint density at radius 3 is 2.36 bits per heavy atom. The Balaban J connectivity index is 1.55. The maximum Gasteiger partial charge on any atom is 0.410 e. The molecule has 2 aliphatic rings. The number of carbonyl (C=O) groups excluding carboxylic acids is 1. The van der Waals surface area contributed by atoms with Crippen LogP contribution in [0.1, 0.15) is 40.5 Å². The lowest BCUT2D eigenvalue weighted by Gasteiger charge is -2.41. The molecule has 0 saturated carbocycles. The summed E-state index contributed by atoms with van der Waals surface area (Å²) in [7, 11) is 0. The van der Waals surface area contributed by atoms with Crippen molar-refractivity contribution in [2.45, 2.75) is 52.2 Å². The number of hydrogen-bond acceptors (Lipinski definition) is 6. The average Bonchev–Trinajstić information content (AvgIpc) is 3.45. The van der Waals surface area contributed by atoms with Crippen LogP contribution in [0.15, 0.2) is 30.7 Å². The van der Waals surface area contributed by atoms with E-state index in [0.717, 1.165) is 48.9 Å². The Bertz CT molecular complexity index is 1260. The molecule has 0 N–H and O–H groups in total. The van der Waals surface area contributed by atoms with Crippen molar-refractivity contribution in [1.29, 1.82) is 0 Å². The molecule has 1 aromatic carbocycles. The molecule has 0 aliphatic carbocycles. The summed E-state index contributed by atoms with van der Waals surface area (Å²) in [6.45, 7) is 11.0. The molecule has 192 valence electrons. The van der Waals surface area contributed by atoms with Crippen molar-refractivity contribution in [1.82, 2.24) is 19.4 Å². The molecule has 5 rings (SSSR count). The number of amides is 1. The van der Waals surface area contributed by atoms with Crippen LogP contribution in [-0.4, -0.2) is 69.9 Å². The number of piperazine rings is 1. The molecule has 4 heterocycles. The largest absolute Gasteiger partial charge is 0.444 e. The van der Waals surface area contributed by atoms with E-state index in [9.17, 15) is 13.6 Å². The monoisotopic (exact) mass is 498 g/mol. The molecule has 2 fully saturated rings. The lowest BCUT2D eigenvalue weighted by Crippen LogP contribution is -2.54. The van der Waals surface area contributed by atoms with E-state index in [4.69, 9.17) is 4.74 Å². The van der Waals surface area contributed by atoms with Crippen LogP contribution in [0, 0.1) is 11.6 Å². The first kappa shape index (κ1) is 24.3. The maximum absolute atomic E-state index is 14.1. The van der Waals surface area contributed by atoms with Crippen molar-refractivity contribution >= 4 is 28.6 Å². The van der Waals surface area contributed by atoms with Gasteiger partial charge in [-0.1, -0.05) is 0 Å². The van der Waals surface area contributed by atoms with Gasteiger partial charge in [-0.05, 0) is 52.7 Å². The van der Waals surface area contributed by atoms with Crippen LogP contribution in [0.2, 0.25) is 0 Å². The van der Waals surface area contributed by atoms with E-state index in [0.29, 0.717) is 31.0 Å². The van der Waals surface area contributed by atoms with Gasteiger partial charge in [-0.25, -0.2) is 23.5 Å². The maximum atomic E-state index is 14.1. The van der Waals surface area contributed by atoms with Crippen LogP contribution in [-0.2, 0) is 4.74 Å². The third-order valence-corrected chi connectivity index (χ3v) is 6.67. The van der Waals surface area contributed by atoms with Gasteiger partial charge < -0.3 is 19.4 Å². The van der Waals surface area contributed by atoms with Crippen LogP contribution >= 0.6 is 0 Å². The van der Waals surface area contributed by atoms with Crippen molar-refractivity contribution in [2.24, 2.45) is 0 Å².